The van der Waals surface area contributed by atoms with E-state index >= 15 is 0 Å². The Bertz CT molecular complexity index is 303. The first-order chi connectivity index (χ1) is 6.65. The first-order valence-corrected chi connectivity index (χ1v) is 4.41. The normalized spacial score (nSPS) is 12.5. The van der Waals surface area contributed by atoms with Crippen molar-refractivity contribution in [2.24, 2.45) is 0 Å². The van der Waals surface area contributed by atoms with E-state index in [2.05, 4.69) is 0 Å². The third-order valence-electron chi connectivity index (χ3n) is 2.01. The topological polar surface area (TPSA) is 46.2 Å². The van der Waals surface area contributed by atoms with Gasteiger partial charge in [-0.1, -0.05) is 24.3 Å². The van der Waals surface area contributed by atoms with Crippen molar-refractivity contribution in [3.8, 4) is 0 Å². The van der Waals surface area contributed by atoms with Gasteiger partial charge in [0.05, 0.1) is 6.61 Å². The highest BCUT2D eigenvalue weighted by Crippen LogP contribution is 2.14. The molecule has 0 aliphatic carbocycles. The Balaban J connectivity index is 2.77. The first kappa shape index (κ1) is 10.9. The summed E-state index contributed by atoms with van der Waals surface area (Å²) >= 11 is 0. The van der Waals surface area contributed by atoms with Gasteiger partial charge in [0.1, 0.15) is 6.10 Å². The van der Waals surface area contributed by atoms with Gasteiger partial charge in [0.15, 0.2) is 5.78 Å². The van der Waals surface area contributed by atoms with E-state index in [1.807, 2.05) is 0 Å². The second-order valence-corrected chi connectivity index (χ2v) is 3.12. The van der Waals surface area contributed by atoms with Crippen molar-refractivity contribution in [2.45, 2.75) is 13.0 Å². The summed E-state index contributed by atoms with van der Waals surface area (Å²) in [6.45, 7) is 1.65. The average Bonchev–Trinajstić information content (AvgIpc) is 2.18. The first-order valence-electron chi connectivity index (χ1n) is 4.41. The molecule has 3 nitrogen and oxygen atoms in total. The van der Waals surface area contributed by atoms with Crippen LogP contribution in [-0.4, -0.2) is 19.5 Å². The molecule has 1 rings (SSSR count). The average molecular weight is 193 g/mol. The van der Waals surface area contributed by atoms with E-state index in [0.717, 1.165) is 0 Å². The van der Waals surface area contributed by atoms with Crippen molar-refractivity contribution in [2.75, 3.05) is 13.7 Å². The van der Waals surface area contributed by atoms with Crippen LogP contribution < -0.4 is 0 Å². The summed E-state index contributed by atoms with van der Waals surface area (Å²) in [5.74, 6) is 0.00532. The fraction of sp³-hybridized carbons (Fsp3) is 0.364. The molecule has 1 radical (unpaired) electrons. The highest BCUT2D eigenvalue weighted by molar-refractivity contribution is 5.94. The molecule has 0 spiro atoms. The molecule has 0 aliphatic rings. The van der Waals surface area contributed by atoms with Crippen LogP contribution in [0.4, 0.5) is 0 Å². The highest BCUT2D eigenvalue weighted by Gasteiger charge is 2.09. The molecule has 14 heavy (non-hydrogen) atoms. The minimum absolute atomic E-state index is 0.00532. The van der Waals surface area contributed by atoms with Crippen molar-refractivity contribution in [3.63, 3.8) is 0 Å². The van der Waals surface area contributed by atoms with E-state index in [1.165, 1.54) is 14.0 Å². The molecule has 1 atom stereocenters. The van der Waals surface area contributed by atoms with E-state index in [1.54, 1.807) is 24.3 Å². The second-order valence-electron chi connectivity index (χ2n) is 3.12. The van der Waals surface area contributed by atoms with E-state index < -0.39 is 6.10 Å². The highest BCUT2D eigenvalue weighted by atomic mass is 16.5. The number of ketones is 1. The maximum atomic E-state index is 11.4. The number of Topliss-reactive ketones (excluding diaryl/α,β-unsaturated/α-hetero) is 1. The number of benzene rings is 1. The minimum Gasteiger partial charge on any atom is -0.381 e. The number of carbonyl (C=O) groups excluding carboxylic acids is 1. The van der Waals surface area contributed by atoms with Gasteiger partial charge >= 0.3 is 0 Å². The maximum absolute atomic E-state index is 11.4. The Morgan fingerprint density at radius 2 is 1.93 bits per heavy atom. The lowest BCUT2D eigenvalue weighted by atomic mass is 10.1. The lowest BCUT2D eigenvalue weighted by molar-refractivity contribution is 0.0143. The molecule has 0 saturated heterocycles. The van der Waals surface area contributed by atoms with Crippen molar-refractivity contribution in [3.05, 3.63) is 35.4 Å². The van der Waals surface area contributed by atoms with Crippen LogP contribution in [0.15, 0.2) is 24.3 Å². The quantitative estimate of drug-likeness (QED) is 0.686. The smallest absolute Gasteiger partial charge is 0.159 e. The predicted octanol–water partition coefficient (Wildman–Crippen LogP) is 2.01. The minimum atomic E-state index is -0.874. The molecule has 0 bridgehead atoms. The summed E-state index contributed by atoms with van der Waals surface area (Å²) in [4.78, 5) is 10.9. The zero-order valence-corrected chi connectivity index (χ0v) is 8.32. The Morgan fingerprint density at radius 3 is 2.36 bits per heavy atom. The molecular weight excluding hydrogens is 180 g/mol. The molecule has 0 amide bonds. The van der Waals surface area contributed by atoms with Crippen LogP contribution in [0.25, 0.3) is 0 Å². The van der Waals surface area contributed by atoms with Gasteiger partial charge in [-0.15, -0.1) is 0 Å². The number of hydrogen-bond donors (Lipinski definition) is 0. The van der Waals surface area contributed by atoms with Gasteiger partial charge in [0.25, 0.3) is 0 Å². The van der Waals surface area contributed by atoms with Crippen LogP contribution >= 0.6 is 0 Å². The summed E-state index contributed by atoms with van der Waals surface area (Å²) in [7, 11) is 1.49. The molecule has 3 heteroatoms. The largest absolute Gasteiger partial charge is 0.381 e. The molecule has 0 saturated carbocycles. The van der Waals surface area contributed by atoms with Gasteiger partial charge in [-0.25, -0.2) is 5.11 Å². The molecule has 0 heterocycles. The van der Waals surface area contributed by atoms with Gasteiger partial charge in [-0.3, -0.25) is 4.79 Å². The van der Waals surface area contributed by atoms with Crippen LogP contribution in [0, 0.1) is 0 Å². The van der Waals surface area contributed by atoms with E-state index in [0.29, 0.717) is 11.1 Å². The second kappa shape index (κ2) is 4.88. The van der Waals surface area contributed by atoms with Crippen molar-refractivity contribution < 1.29 is 14.6 Å². The predicted molar refractivity (Wildman–Crippen MR) is 51.8 cm³/mol. The molecule has 1 unspecified atom stereocenters. The fourth-order valence-electron chi connectivity index (χ4n) is 1.18. The molecule has 0 aromatic heterocycles. The molecule has 1 aromatic rings. The van der Waals surface area contributed by atoms with Crippen LogP contribution in [0.3, 0.4) is 0 Å². The van der Waals surface area contributed by atoms with Crippen molar-refractivity contribution in [1.29, 1.82) is 0 Å². The summed E-state index contributed by atoms with van der Waals surface area (Å²) in [5, 5.41) is 11.4. The summed E-state index contributed by atoms with van der Waals surface area (Å²) in [6, 6.07) is 6.68. The molecule has 1 aromatic carbocycles. The molecule has 0 aliphatic heterocycles. The number of carbonyl (C=O) groups is 1. The summed E-state index contributed by atoms with van der Waals surface area (Å²) < 4.78 is 4.76. The zero-order valence-electron chi connectivity index (χ0n) is 8.32. The fourth-order valence-corrected chi connectivity index (χ4v) is 1.18. The monoisotopic (exact) mass is 193 g/mol. The lowest BCUT2D eigenvalue weighted by Gasteiger charge is -2.07. The van der Waals surface area contributed by atoms with Gasteiger partial charge in [0.2, 0.25) is 0 Å². The van der Waals surface area contributed by atoms with Crippen LogP contribution in [0.1, 0.15) is 28.9 Å². The van der Waals surface area contributed by atoms with Gasteiger partial charge in [0, 0.05) is 12.7 Å². The van der Waals surface area contributed by atoms with E-state index in [4.69, 9.17) is 4.74 Å². The van der Waals surface area contributed by atoms with Crippen LogP contribution in [-0.2, 0) is 9.84 Å². The standard InChI is InChI=1S/C11H13O3/c1-8(12)9-3-5-10(6-4-9)11(13)7-14-2/h3-6,11H,7H2,1-2H3. The van der Waals surface area contributed by atoms with Gasteiger partial charge in [-0.05, 0) is 12.5 Å². The molecule has 75 valence electrons. The van der Waals surface area contributed by atoms with Crippen LogP contribution in [0.5, 0.6) is 0 Å². The number of ether oxygens (including phenoxy) is 1. The third kappa shape index (κ3) is 2.65. The Morgan fingerprint density at radius 1 is 1.36 bits per heavy atom. The van der Waals surface area contributed by atoms with Gasteiger partial charge in [-0.2, -0.15) is 0 Å². The Kier molecular flexibility index (Phi) is 3.80. The lowest BCUT2D eigenvalue weighted by Crippen LogP contribution is -2.03. The summed E-state index contributed by atoms with van der Waals surface area (Å²) in [6.07, 6.45) is -0.874. The molecule has 0 fully saturated rings. The van der Waals surface area contributed by atoms with E-state index in [-0.39, 0.29) is 12.4 Å². The maximum Gasteiger partial charge on any atom is 0.159 e. The number of hydrogen-bond acceptors (Lipinski definition) is 2. The van der Waals surface area contributed by atoms with Crippen molar-refractivity contribution >= 4 is 5.78 Å². The molecule has 0 N–H and O–H groups in total. The number of rotatable bonds is 4. The van der Waals surface area contributed by atoms with Crippen molar-refractivity contribution in [1.82, 2.24) is 0 Å². The Hall–Kier alpha value is -1.19. The third-order valence-corrected chi connectivity index (χ3v) is 2.01. The number of methoxy groups -OCH3 is 1. The van der Waals surface area contributed by atoms with Crippen LogP contribution in [0.2, 0.25) is 0 Å². The van der Waals surface area contributed by atoms with Gasteiger partial charge < -0.3 is 4.74 Å². The Labute approximate surface area is 83.3 Å². The summed E-state index contributed by atoms with van der Waals surface area (Å²) in [5.41, 5.74) is 1.27. The molecular formula is C11H13O3. The SMILES string of the molecule is COCC([O])c1ccc(C(C)=O)cc1. The zero-order chi connectivity index (χ0) is 10.6. The van der Waals surface area contributed by atoms with E-state index in [9.17, 15) is 9.90 Å².